The number of thiol groups is 1. The van der Waals surface area contributed by atoms with Gasteiger partial charge in [-0.05, 0) is 12.2 Å². The number of nitrogens with one attached hydrogen (secondary N) is 1. The van der Waals surface area contributed by atoms with E-state index in [1.54, 1.807) is 6.20 Å². The van der Waals surface area contributed by atoms with Crippen molar-refractivity contribution < 1.29 is 0 Å². The summed E-state index contributed by atoms with van der Waals surface area (Å²) in [5, 5.41) is 10.5. The summed E-state index contributed by atoms with van der Waals surface area (Å²) in [7, 11) is 0. The van der Waals surface area contributed by atoms with Crippen LogP contribution in [0.25, 0.3) is 0 Å². The van der Waals surface area contributed by atoms with Crippen molar-refractivity contribution in [2.75, 3.05) is 5.75 Å². The van der Waals surface area contributed by atoms with Gasteiger partial charge >= 0.3 is 0 Å². The van der Waals surface area contributed by atoms with E-state index in [9.17, 15) is 0 Å². The van der Waals surface area contributed by atoms with Gasteiger partial charge in [-0.2, -0.15) is 28.0 Å². The van der Waals surface area contributed by atoms with E-state index in [-0.39, 0.29) is 0 Å². The molecule has 0 amide bonds. The van der Waals surface area contributed by atoms with Crippen LogP contribution in [0.1, 0.15) is 37.8 Å². The average molecular weight is 185 g/mol. The van der Waals surface area contributed by atoms with E-state index in [0.29, 0.717) is 5.92 Å². The molecule has 0 aliphatic carbocycles. The molecule has 1 aromatic rings. The van der Waals surface area contributed by atoms with Gasteiger partial charge in [0, 0.05) is 5.92 Å². The molecule has 0 bridgehead atoms. The molecule has 0 aliphatic rings. The number of H-pyrrole nitrogens is 1. The Kier molecular flexibility index (Phi) is 4.14. The zero-order chi connectivity index (χ0) is 8.81. The maximum Gasteiger partial charge on any atom is 0.0863 e. The number of nitrogens with zero attached hydrogens (tertiary/aromatic N) is 2. The molecule has 1 N–H and O–H groups in total. The highest BCUT2D eigenvalue weighted by molar-refractivity contribution is 7.80. The zero-order valence-electron chi connectivity index (χ0n) is 7.32. The van der Waals surface area contributed by atoms with Gasteiger partial charge in [0.25, 0.3) is 0 Å². The first kappa shape index (κ1) is 9.58. The number of rotatable bonds is 5. The molecule has 4 heteroatoms. The van der Waals surface area contributed by atoms with Gasteiger partial charge in [0.1, 0.15) is 0 Å². The molecule has 3 nitrogen and oxygen atoms in total. The summed E-state index contributed by atoms with van der Waals surface area (Å²) in [4.78, 5) is 0. The topological polar surface area (TPSA) is 41.6 Å². The van der Waals surface area contributed by atoms with Crippen LogP contribution in [0.5, 0.6) is 0 Å². The van der Waals surface area contributed by atoms with Crippen molar-refractivity contribution in [1.82, 2.24) is 15.4 Å². The molecular formula is C8H15N3S. The number of aromatic amines is 1. The zero-order valence-corrected chi connectivity index (χ0v) is 8.22. The number of hydrogen-bond acceptors (Lipinski definition) is 3. The van der Waals surface area contributed by atoms with Crippen LogP contribution in [0.4, 0.5) is 0 Å². The molecule has 0 spiro atoms. The molecule has 1 rings (SSSR count). The summed E-state index contributed by atoms with van der Waals surface area (Å²) in [6.45, 7) is 2.19. The summed E-state index contributed by atoms with van der Waals surface area (Å²) < 4.78 is 0. The molecule has 0 saturated heterocycles. The fourth-order valence-corrected chi connectivity index (χ4v) is 1.56. The molecular weight excluding hydrogens is 170 g/mol. The third kappa shape index (κ3) is 2.52. The first-order chi connectivity index (χ1) is 5.88. The first-order valence-electron chi connectivity index (χ1n) is 4.35. The van der Waals surface area contributed by atoms with Gasteiger partial charge < -0.3 is 0 Å². The Hall–Kier alpha value is -0.510. The summed E-state index contributed by atoms with van der Waals surface area (Å²) >= 11 is 4.29. The van der Waals surface area contributed by atoms with E-state index >= 15 is 0 Å². The number of unbranched alkanes of at least 4 members (excludes halogenated alkanes) is 1. The maximum atomic E-state index is 4.29. The molecule has 1 heterocycles. The molecule has 0 saturated carbocycles. The van der Waals surface area contributed by atoms with Crippen LogP contribution in [0.15, 0.2) is 6.20 Å². The Morgan fingerprint density at radius 1 is 1.67 bits per heavy atom. The lowest BCUT2D eigenvalue weighted by molar-refractivity contribution is 0.617. The first-order valence-corrected chi connectivity index (χ1v) is 4.98. The molecule has 1 atom stereocenters. The largest absolute Gasteiger partial charge is 0.198 e. The van der Waals surface area contributed by atoms with Gasteiger partial charge in [-0.25, -0.2) is 0 Å². The minimum Gasteiger partial charge on any atom is -0.198 e. The second kappa shape index (κ2) is 5.19. The van der Waals surface area contributed by atoms with E-state index in [1.807, 2.05) is 0 Å². The second-order valence-electron chi connectivity index (χ2n) is 2.92. The second-order valence-corrected chi connectivity index (χ2v) is 3.28. The van der Waals surface area contributed by atoms with E-state index in [0.717, 1.165) is 17.9 Å². The van der Waals surface area contributed by atoms with Crippen molar-refractivity contribution in [1.29, 1.82) is 0 Å². The minimum absolute atomic E-state index is 0.465. The van der Waals surface area contributed by atoms with Crippen LogP contribution in [0.2, 0.25) is 0 Å². The minimum atomic E-state index is 0.465. The highest BCUT2D eigenvalue weighted by Gasteiger charge is 2.11. The van der Waals surface area contributed by atoms with Crippen LogP contribution in [0, 0.1) is 0 Å². The molecule has 0 aliphatic heterocycles. The molecule has 0 radical (unpaired) electrons. The molecule has 1 aromatic heterocycles. The van der Waals surface area contributed by atoms with Crippen molar-refractivity contribution >= 4 is 12.6 Å². The maximum absolute atomic E-state index is 4.29. The average Bonchev–Trinajstić information content (AvgIpc) is 2.59. The summed E-state index contributed by atoms with van der Waals surface area (Å²) in [6.07, 6.45) is 5.41. The Morgan fingerprint density at radius 3 is 3.00 bits per heavy atom. The fourth-order valence-electron chi connectivity index (χ4n) is 1.19. The standard InChI is InChI=1S/C8H15N3S/c1-2-3-4-7(6-12)8-5-9-11-10-8/h5,7,12H,2-4,6H2,1H3,(H,9,10,11). The van der Waals surface area contributed by atoms with Crippen LogP contribution >= 0.6 is 12.6 Å². The lowest BCUT2D eigenvalue weighted by atomic mass is 10.0. The van der Waals surface area contributed by atoms with Gasteiger partial charge in [0.2, 0.25) is 0 Å². The van der Waals surface area contributed by atoms with E-state index in [2.05, 4.69) is 35.0 Å². The van der Waals surface area contributed by atoms with Gasteiger partial charge in [-0.3, -0.25) is 0 Å². The Morgan fingerprint density at radius 2 is 2.50 bits per heavy atom. The summed E-state index contributed by atoms with van der Waals surface area (Å²) in [5.41, 5.74) is 1.04. The predicted octanol–water partition coefficient (Wildman–Crippen LogP) is 2.01. The van der Waals surface area contributed by atoms with Crippen molar-refractivity contribution in [2.24, 2.45) is 0 Å². The molecule has 12 heavy (non-hydrogen) atoms. The highest BCUT2D eigenvalue weighted by Crippen LogP contribution is 2.20. The molecule has 68 valence electrons. The Labute approximate surface area is 78.4 Å². The summed E-state index contributed by atoms with van der Waals surface area (Å²) in [6, 6.07) is 0. The van der Waals surface area contributed by atoms with Gasteiger partial charge in [-0.15, -0.1) is 0 Å². The van der Waals surface area contributed by atoms with Crippen molar-refractivity contribution in [3.63, 3.8) is 0 Å². The monoisotopic (exact) mass is 185 g/mol. The smallest absolute Gasteiger partial charge is 0.0863 e. The molecule has 1 unspecified atom stereocenters. The van der Waals surface area contributed by atoms with Crippen molar-refractivity contribution in [2.45, 2.75) is 32.1 Å². The van der Waals surface area contributed by atoms with Crippen molar-refractivity contribution in [3.8, 4) is 0 Å². The van der Waals surface area contributed by atoms with Crippen LogP contribution in [-0.2, 0) is 0 Å². The molecule has 0 aromatic carbocycles. The highest BCUT2D eigenvalue weighted by atomic mass is 32.1. The predicted molar refractivity (Wildman–Crippen MR) is 52.5 cm³/mol. The normalized spacial score (nSPS) is 13.2. The third-order valence-corrected chi connectivity index (χ3v) is 2.42. The van der Waals surface area contributed by atoms with E-state index in [4.69, 9.17) is 0 Å². The van der Waals surface area contributed by atoms with Crippen LogP contribution in [-0.4, -0.2) is 21.2 Å². The van der Waals surface area contributed by atoms with E-state index < -0.39 is 0 Å². The molecule has 0 fully saturated rings. The Bertz CT molecular complexity index is 198. The van der Waals surface area contributed by atoms with E-state index in [1.165, 1.54) is 12.8 Å². The Balaban J connectivity index is 2.45. The summed E-state index contributed by atoms with van der Waals surface area (Å²) in [5.74, 6) is 1.32. The number of aromatic nitrogens is 3. The van der Waals surface area contributed by atoms with Gasteiger partial charge in [0.05, 0.1) is 11.9 Å². The van der Waals surface area contributed by atoms with Crippen molar-refractivity contribution in [3.05, 3.63) is 11.9 Å². The lowest BCUT2D eigenvalue weighted by Gasteiger charge is -2.09. The lowest BCUT2D eigenvalue weighted by Crippen LogP contribution is -2.01. The van der Waals surface area contributed by atoms with Gasteiger partial charge in [-0.1, -0.05) is 19.8 Å². The third-order valence-electron chi connectivity index (χ3n) is 1.98. The quantitative estimate of drug-likeness (QED) is 0.689. The SMILES string of the molecule is CCCCC(CS)c1cn[nH]n1. The van der Waals surface area contributed by atoms with Gasteiger partial charge in [0.15, 0.2) is 0 Å². The number of hydrogen-bond donors (Lipinski definition) is 2. The van der Waals surface area contributed by atoms with Crippen LogP contribution in [0.3, 0.4) is 0 Å². The fraction of sp³-hybridized carbons (Fsp3) is 0.750. The van der Waals surface area contributed by atoms with Crippen LogP contribution < -0.4 is 0 Å².